The average Bonchev–Trinajstić information content (AvgIpc) is 2.46. The minimum absolute atomic E-state index is 0.305. The summed E-state index contributed by atoms with van der Waals surface area (Å²) in [7, 11) is 1.60. The highest BCUT2D eigenvalue weighted by Crippen LogP contribution is 2.31. The molecule has 0 bridgehead atoms. The molecule has 1 atom stereocenters. The minimum atomic E-state index is -0.305. The molecular weight excluding hydrogens is 164 g/mol. The lowest BCUT2D eigenvalue weighted by atomic mass is 10.1. The van der Waals surface area contributed by atoms with Crippen molar-refractivity contribution in [3.8, 4) is 0 Å². The van der Waals surface area contributed by atoms with Crippen molar-refractivity contribution in [3.63, 3.8) is 0 Å². The monoisotopic (exact) mass is 180 g/mol. The van der Waals surface area contributed by atoms with E-state index in [-0.39, 0.29) is 6.10 Å². The lowest BCUT2D eigenvalue weighted by Crippen LogP contribution is -2.01. The van der Waals surface area contributed by atoms with Crippen molar-refractivity contribution in [1.29, 1.82) is 0 Å². The number of ether oxygens (including phenoxy) is 1. The van der Waals surface area contributed by atoms with Crippen molar-refractivity contribution < 1.29 is 9.84 Å². The van der Waals surface area contributed by atoms with Gasteiger partial charge in [-0.25, -0.2) is 0 Å². The zero-order chi connectivity index (χ0) is 9.84. The molecule has 0 aromatic rings. The van der Waals surface area contributed by atoms with Crippen LogP contribution in [-0.4, -0.2) is 18.3 Å². The molecule has 0 radical (unpaired) electrons. The fourth-order valence-electron chi connectivity index (χ4n) is 1.59. The summed E-state index contributed by atoms with van der Waals surface area (Å²) in [4.78, 5) is 0. The predicted molar refractivity (Wildman–Crippen MR) is 53.2 cm³/mol. The van der Waals surface area contributed by atoms with E-state index in [1.807, 2.05) is 19.1 Å². The van der Waals surface area contributed by atoms with Crippen LogP contribution in [0.5, 0.6) is 0 Å². The maximum absolute atomic E-state index is 9.57. The number of aliphatic hydroxyl groups excluding tert-OH is 1. The Morgan fingerprint density at radius 3 is 2.92 bits per heavy atom. The molecule has 72 valence electrons. The Morgan fingerprint density at radius 2 is 2.38 bits per heavy atom. The highest BCUT2D eigenvalue weighted by atomic mass is 16.5. The smallest absolute Gasteiger partial charge is 0.111 e. The first kappa shape index (κ1) is 10.1. The summed E-state index contributed by atoms with van der Waals surface area (Å²) in [5.74, 6) is 0.642. The minimum Gasteiger partial charge on any atom is -0.497 e. The van der Waals surface area contributed by atoms with Gasteiger partial charge in [0.1, 0.15) is 5.76 Å². The molecule has 0 saturated heterocycles. The fourth-order valence-corrected chi connectivity index (χ4v) is 1.59. The van der Waals surface area contributed by atoms with Crippen molar-refractivity contribution in [3.05, 3.63) is 35.6 Å². The van der Waals surface area contributed by atoms with Crippen molar-refractivity contribution in [2.75, 3.05) is 7.11 Å². The number of hydrogen-bond donors (Lipinski definition) is 1. The van der Waals surface area contributed by atoms with E-state index in [0.717, 1.165) is 24.0 Å². The number of methoxy groups -OCH3 is 1. The SMILES string of the molecule is C=C(/C=C1/CCC(O)/C1=C/C)OC. The molecule has 1 aliphatic rings. The molecule has 2 heteroatoms. The van der Waals surface area contributed by atoms with Gasteiger partial charge < -0.3 is 9.84 Å². The van der Waals surface area contributed by atoms with Crippen molar-refractivity contribution >= 4 is 0 Å². The number of aliphatic hydroxyl groups is 1. The molecule has 1 rings (SSSR count). The molecule has 0 spiro atoms. The summed E-state index contributed by atoms with van der Waals surface area (Å²) in [6.45, 7) is 5.66. The van der Waals surface area contributed by atoms with Gasteiger partial charge in [-0.1, -0.05) is 12.7 Å². The third kappa shape index (κ3) is 2.22. The number of hydrogen-bond acceptors (Lipinski definition) is 2. The van der Waals surface area contributed by atoms with E-state index in [9.17, 15) is 5.11 Å². The van der Waals surface area contributed by atoms with Gasteiger partial charge in [0.2, 0.25) is 0 Å². The van der Waals surface area contributed by atoms with Gasteiger partial charge >= 0.3 is 0 Å². The lowest BCUT2D eigenvalue weighted by Gasteiger charge is -2.05. The Kier molecular flexibility index (Phi) is 3.32. The van der Waals surface area contributed by atoms with Crippen LogP contribution in [0.2, 0.25) is 0 Å². The summed E-state index contributed by atoms with van der Waals surface area (Å²) < 4.78 is 4.96. The quantitative estimate of drug-likeness (QED) is 0.660. The normalized spacial score (nSPS) is 28.4. The zero-order valence-corrected chi connectivity index (χ0v) is 8.21. The van der Waals surface area contributed by atoms with Gasteiger partial charge in [-0.3, -0.25) is 0 Å². The first-order valence-electron chi connectivity index (χ1n) is 4.47. The van der Waals surface area contributed by atoms with Gasteiger partial charge in [0.05, 0.1) is 13.2 Å². The summed E-state index contributed by atoms with van der Waals surface area (Å²) >= 11 is 0. The first-order chi connectivity index (χ1) is 6.19. The highest BCUT2D eigenvalue weighted by molar-refractivity contribution is 5.41. The van der Waals surface area contributed by atoms with Gasteiger partial charge in [-0.2, -0.15) is 0 Å². The predicted octanol–water partition coefficient (Wildman–Crippen LogP) is 2.17. The third-order valence-electron chi connectivity index (χ3n) is 2.33. The molecule has 2 nitrogen and oxygen atoms in total. The van der Waals surface area contributed by atoms with Crippen LogP contribution in [-0.2, 0) is 4.74 Å². The summed E-state index contributed by atoms with van der Waals surface area (Å²) in [5, 5.41) is 9.57. The zero-order valence-electron chi connectivity index (χ0n) is 8.21. The molecule has 1 aliphatic carbocycles. The van der Waals surface area contributed by atoms with Crippen LogP contribution in [0.3, 0.4) is 0 Å². The highest BCUT2D eigenvalue weighted by Gasteiger charge is 2.22. The summed E-state index contributed by atoms with van der Waals surface area (Å²) in [6, 6.07) is 0. The van der Waals surface area contributed by atoms with Gasteiger partial charge in [0.15, 0.2) is 0 Å². The molecule has 0 aromatic carbocycles. The maximum atomic E-state index is 9.57. The average molecular weight is 180 g/mol. The van der Waals surface area contributed by atoms with Gasteiger partial charge in [-0.15, -0.1) is 0 Å². The van der Waals surface area contributed by atoms with Crippen LogP contribution in [0.25, 0.3) is 0 Å². The van der Waals surface area contributed by atoms with Crippen molar-refractivity contribution in [2.45, 2.75) is 25.9 Å². The number of rotatable bonds is 2. The van der Waals surface area contributed by atoms with Crippen LogP contribution in [0, 0.1) is 0 Å². The van der Waals surface area contributed by atoms with Crippen LogP contribution < -0.4 is 0 Å². The van der Waals surface area contributed by atoms with E-state index in [0.29, 0.717) is 5.76 Å². The summed E-state index contributed by atoms with van der Waals surface area (Å²) in [6.07, 6.45) is 5.25. The molecule has 0 aromatic heterocycles. The molecule has 0 heterocycles. The van der Waals surface area contributed by atoms with E-state index < -0.39 is 0 Å². The van der Waals surface area contributed by atoms with E-state index in [1.54, 1.807) is 7.11 Å². The van der Waals surface area contributed by atoms with Crippen LogP contribution in [0.4, 0.5) is 0 Å². The first-order valence-corrected chi connectivity index (χ1v) is 4.47. The molecule has 1 saturated carbocycles. The Morgan fingerprint density at radius 1 is 1.69 bits per heavy atom. The van der Waals surface area contributed by atoms with Crippen LogP contribution in [0.15, 0.2) is 35.6 Å². The molecule has 13 heavy (non-hydrogen) atoms. The van der Waals surface area contributed by atoms with E-state index in [4.69, 9.17) is 4.74 Å². The van der Waals surface area contributed by atoms with Gasteiger partial charge in [0, 0.05) is 0 Å². The Labute approximate surface area is 79.2 Å². The molecular formula is C11H16O2. The van der Waals surface area contributed by atoms with Crippen molar-refractivity contribution in [1.82, 2.24) is 0 Å². The van der Waals surface area contributed by atoms with E-state index >= 15 is 0 Å². The second-order valence-corrected chi connectivity index (χ2v) is 3.14. The standard InChI is InChI=1S/C11H16O2/c1-4-10-9(5-6-11(10)12)7-8(2)13-3/h4,7,11-12H,2,5-6H2,1,3H3/b9-7-,10-4+. The van der Waals surface area contributed by atoms with Gasteiger partial charge in [-0.05, 0) is 37.0 Å². The Bertz CT molecular complexity index is 261. The molecule has 1 unspecified atom stereocenters. The van der Waals surface area contributed by atoms with Crippen LogP contribution >= 0.6 is 0 Å². The topological polar surface area (TPSA) is 29.5 Å². The molecule has 0 aliphatic heterocycles. The molecule has 1 fully saturated rings. The fraction of sp³-hybridized carbons (Fsp3) is 0.455. The second-order valence-electron chi connectivity index (χ2n) is 3.14. The van der Waals surface area contributed by atoms with Crippen LogP contribution in [0.1, 0.15) is 19.8 Å². The Hall–Kier alpha value is -1.02. The van der Waals surface area contributed by atoms with Crippen molar-refractivity contribution in [2.24, 2.45) is 0 Å². The maximum Gasteiger partial charge on any atom is 0.111 e. The molecule has 1 N–H and O–H groups in total. The van der Waals surface area contributed by atoms with E-state index in [2.05, 4.69) is 6.58 Å². The largest absolute Gasteiger partial charge is 0.497 e. The Balaban J connectivity index is 2.82. The summed E-state index contributed by atoms with van der Waals surface area (Å²) in [5.41, 5.74) is 2.15. The second kappa shape index (κ2) is 4.28. The van der Waals surface area contributed by atoms with Gasteiger partial charge in [0.25, 0.3) is 0 Å². The van der Waals surface area contributed by atoms with E-state index in [1.165, 1.54) is 0 Å². The molecule has 0 amide bonds. The third-order valence-corrected chi connectivity index (χ3v) is 2.33. The number of allylic oxidation sites excluding steroid dienone is 2. The lowest BCUT2D eigenvalue weighted by molar-refractivity contribution is 0.218.